The topological polar surface area (TPSA) is 78.4 Å². The molecule has 0 spiro atoms. The predicted octanol–water partition coefficient (Wildman–Crippen LogP) is 3.53. The summed E-state index contributed by atoms with van der Waals surface area (Å²) in [5.41, 5.74) is -0.292. The number of nitrogens with one attached hydrogen (secondary N) is 2. The summed E-state index contributed by atoms with van der Waals surface area (Å²) in [6.45, 7) is 9.93. The van der Waals surface area contributed by atoms with Crippen LogP contribution in [0.2, 0.25) is 0 Å². The van der Waals surface area contributed by atoms with E-state index in [1.807, 2.05) is 27.7 Å². The standard InChI is InChI=1S/C16H32N2O3/c1-6-7-8-9-10-12(2)17-15(21)18-13(11-14(19)20)16(3,4)5/h12-13H,6-11H2,1-5H3,(H,19,20)(H2,17,18,21). The molecule has 0 fully saturated rings. The van der Waals surface area contributed by atoms with E-state index >= 15 is 0 Å². The molecule has 0 bridgehead atoms. The van der Waals surface area contributed by atoms with Crippen LogP contribution in [-0.2, 0) is 4.79 Å². The van der Waals surface area contributed by atoms with Crippen LogP contribution in [0, 0.1) is 5.41 Å². The molecule has 0 aromatic carbocycles. The van der Waals surface area contributed by atoms with Crippen LogP contribution in [-0.4, -0.2) is 29.2 Å². The van der Waals surface area contributed by atoms with Gasteiger partial charge in [-0.05, 0) is 18.8 Å². The Morgan fingerprint density at radius 2 is 1.71 bits per heavy atom. The Bertz CT molecular complexity index is 324. The highest BCUT2D eigenvalue weighted by atomic mass is 16.4. The van der Waals surface area contributed by atoms with E-state index in [2.05, 4.69) is 17.6 Å². The van der Waals surface area contributed by atoms with Crippen LogP contribution in [0.15, 0.2) is 0 Å². The molecule has 3 N–H and O–H groups in total. The van der Waals surface area contributed by atoms with Crippen molar-refractivity contribution in [1.29, 1.82) is 0 Å². The number of carboxylic acid groups (broad SMARTS) is 1. The number of hydrogen-bond acceptors (Lipinski definition) is 2. The zero-order valence-electron chi connectivity index (χ0n) is 14.2. The number of carbonyl (C=O) groups is 2. The quantitative estimate of drug-likeness (QED) is 0.570. The Morgan fingerprint density at radius 1 is 1.10 bits per heavy atom. The molecule has 0 radical (unpaired) electrons. The van der Waals surface area contributed by atoms with Crippen molar-refractivity contribution in [3.05, 3.63) is 0 Å². The van der Waals surface area contributed by atoms with Crippen LogP contribution in [0.25, 0.3) is 0 Å². The number of unbranched alkanes of at least 4 members (excludes halogenated alkanes) is 3. The lowest BCUT2D eigenvalue weighted by Crippen LogP contribution is -2.50. The first-order chi connectivity index (χ1) is 9.66. The normalized spacial score (nSPS) is 14.3. The summed E-state index contributed by atoms with van der Waals surface area (Å²) in [4.78, 5) is 22.9. The summed E-state index contributed by atoms with van der Waals surface area (Å²) in [5.74, 6) is -0.900. The third-order valence-electron chi connectivity index (χ3n) is 3.60. The molecular weight excluding hydrogens is 268 g/mol. The summed E-state index contributed by atoms with van der Waals surface area (Å²) in [6, 6.07) is -0.561. The lowest BCUT2D eigenvalue weighted by molar-refractivity contribution is -0.138. The SMILES string of the molecule is CCCCCCC(C)NC(=O)NC(CC(=O)O)C(C)(C)C. The molecule has 0 saturated carbocycles. The average molecular weight is 300 g/mol. The average Bonchev–Trinajstić information content (AvgIpc) is 2.32. The first-order valence-electron chi connectivity index (χ1n) is 7.95. The Labute approximate surface area is 128 Å². The lowest BCUT2D eigenvalue weighted by atomic mass is 9.85. The molecular formula is C16H32N2O3. The van der Waals surface area contributed by atoms with Crippen LogP contribution in [0.5, 0.6) is 0 Å². The zero-order chi connectivity index (χ0) is 16.5. The number of amides is 2. The maximum atomic E-state index is 12.0. The van der Waals surface area contributed by atoms with Gasteiger partial charge in [0.2, 0.25) is 0 Å². The van der Waals surface area contributed by atoms with Crippen molar-refractivity contribution in [3.8, 4) is 0 Å². The summed E-state index contributed by atoms with van der Waals surface area (Å²) in [5, 5.41) is 14.6. The number of aliphatic carboxylic acids is 1. The van der Waals surface area contributed by atoms with Gasteiger partial charge in [-0.25, -0.2) is 4.79 Å². The molecule has 5 nitrogen and oxygen atoms in total. The molecule has 5 heteroatoms. The van der Waals surface area contributed by atoms with Crippen LogP contribution in [0.1, 0.15) is 73.1 Å². The molecule has 2 unspecified atom stereocenters. The van der Waals surface area contributed by atoms with E-state index in [-0.39, 0.29) is 30.0 Å². The Hall–Kier alpha value is -1.26. The second-order valence-electron chi connectivity index (χ2n) is 6.88. The molecule has 0 aliphatic heterocycles. The minimum Gasteiger partial charge on any atom is -0.481 e. The number of rotatable bonds is 9. The fourth-order valence-corrected chi connectivity index (χ4v) is 2.12. The van der Waals surface area contributed by atoms with Gasteiger partial charge in [-0.2, -0.15) is 0 Å². The minimum absolute atomic E-state index is 0.0677. The maximum Gasteiger partial charge on any atom is 0.315 e. The number of carboxylic acids is 1. The van der Waals surface area contributed by atoms with Crippen molar-refractivity contribution >= 4 is 12.0 Å². The van der Waals surface area contributed by atoms with Gasteiger partial charge in [0, 0.05) is 12.1 Å². The van der Waals surface area contributed by atoms with Crippen LogP contribution in [0.4, 0.5) is 4.79 Å². The molecule has 0 aromatic heterocycles. The number of hydrogen-bond donors (Lipinski definition) is 3. The molecule has 21 heavy (non-hydrogen) atoms. The summed E-state index contributed by atoms with van der Waals surface area (Å²) >= 11 is 0. The number of carbonyl (C=O) groups excluding carboxylic acids is 1. The largest absolute Gasteiger partial charge is 0.481 e. The third kappa shape index (κ3) is 10.2. The van der Waals surface area contributed by atoms with Gasteiger partial charge in [0.05, 0.1) is 6.42 Å². The summed E-state index contributed by atoms with van der Waals surface area (Å²) in [7, 11) is 0. The lowest BCUT2D eigenvalue weighted by Gasteiger charge is -2.30. The van der Waals surface area contributed by atoms with Crippen LogP contribution >= 0.6 is 0 Å². The smallest absolute Gasteiger partial charge is 0.315 e. The van der Waals surface area contributed by atoms with E-state index in [0.717, 1.165) is 12.8 Å². The molecule has 124 valence electrons. The van der Waals surface area contributed by atoms with Crippen molar-refractivity contribution in [2.45, 2.75) is 85.2 Å². The minimum atomic E-state index is -0.900. The molecule has 2 amide bonds. The molecule has 0 aliphatic carbocycles. The highest BCUT2D eigenvalue weighted by Gasteiger charge is 2.28. The van der Waals surface area contributed by atoms with Gasteiger partial charge in [0.1, 0.15) is 0 Å². The zero-order valence-corrected chi connectivity index (χ0v) is 14.2. The Balaban J connectivity index is 4.21. The first kappa shape index (κ1) is 19.7. The van der Waals surface area contributed by atoms with Gasteiger partial charge in [-0.3, -0.25) is 4.79 Å². The third-order valence-corrected chi connectivity index (χ3v) is 3.60. The van der Waals surface area contributed by atoms with Gasteiger partial charge >= 0.3 is 12.0 Å². The molecule has 0 rings (SSSR count). The van der Waals surface area contributed by atoms with E-state index in [9.17, 15) is 9.59 Å². The van der Waals surface area contributed by atoms with Crippen molar-refractivity contribution < 1.29 is 14.7 Å². The molecule has 0 saturated heterocycles. The van der Waals surface area contributed by atoms with E-state index in [4.69, 9.17) is 5.11 Å². The fourth-order valence-electron chi connectivity index (χ4n) is 2.12. The van der Waals surface area contributed by atoms with Gasteiger partial charge in [-0.15, -0.1) is 0 Å². The molecule has 0 heterocycles. The van der Waals surface area contributed by atoms with Crippen LogP contribution in [0.3, 0.4) is 0 Å². The van der Waals surface area contributed by atoms with E-state index < -0.39 is 5.97 Å². The molecule has 0 aliphatic rings. The van der Waals surface area contributed by atoms with Crippen molar-refractivity contribution in [2.24, 2.45) is 5.41 Å². The monoisotopic (exact) mass is 300 g/mol. The van der Waals surface area contributed by atoms with Gasteiger partial charge < -0.3 is 15.7 Å². The highest BCUT2D eigenvalue weighted by Crippen LogP contribution is 2.21. The second kappa shape index (κ2) is 9.64. The van der Waals surface area contributed by atoms with E-state index in [1.165, 1.54) is 19.3 Å². The van der Waals surface area contributed by atoms with Crippen molar-refractivity contribution in [1.82, 2.24) is 10.6 Å². The summed E-state index contributed by atoms with van der Waals surface area (Å²) < 4.78 is 0. The predicted molar refractivity (Wildman–Crippen MR) is 85.4 cm³/mol. The van der Waals surface area contributed by atoms with Crippen LogP contribution < -0.4 is 10.6 Å². The summed E-state index contributed by atoms with van der Waals surface area (Å²) in [6.07, 6.45) is 5.60. The van der Waals surface area contributed by atoms with Gasteiger partial charge in [0.25, 0.3) is 0 Å². The second-order valence-corrected chi connectivity index (χ2v) is 6.88. The van der Waals surface area contributed by atoms with E-state index in [1.54, 1.807) is 0 Å². The Morgan fingerprint density at radius 3 is 2.19 bits per heavy atom. The van der Waals surface area contributed by atoms with E-state index in [0.29, 0.717) is 0 Å². The molecule has 0 aromatic rings. The van der Waals surface area contributed by atoms with Gasteiger partial charge in [-0.1, -0.05) is 53.4 Å². The molecule has 2 atom stereocenters. The first-order valence-corrected chi connectivity index (χ1v) is 7.95. The maximum absolute atomic E-state index is 12.0. The number of urea groups is 1. The van der Waals surface area contributed by atoms with Crippen molar-refractivity contribution in [3.63, 3.8) is 0 Å². The fraction of sp³-hybridized carbons (Fsp3) is 0.875. The highest BCUT2D eigenvalue weighted by molar-refractivity contribution is 5.76. The Kier molecular flexibility index (Phi) is 9.06. The van der Waals surface area contributed by atoms with Gasteiger partial charge in [0.15, 0.2) is 0 Å². The van der Waals surface area contributed by atoms with Crippen molar-refractivity contribution in [2.75, 3.05) is 0 Å².